The fourth-order valence-electron chi connectivity index (χ4n) is 1.40. The fraction of sp³-hybridized carbons (Fsp3) is 1.00. The normalized spacial score (nSPS) is 25.1. The van der Waals surface area contributed by atoms with Gasteiger partial charge in [0, 0.05) is 13.1 Å². The van der Waals surface area contributed by atoms with E-state index in [0.717, 1.165) is 19.5 Å². The van der Waals surface area contributed by atoms with Crippen molar-refractivity contribution in [1.29, 1.82) is 0 Å². The number of aliphatic hydroxyl groups excluding tert-OH is 1. The zero-order chi connectivity index (χ0) is 7.40. The van der Waals surface area contributed by atoms with E-state index in [1.165, 1.54) is 19.4 Å². The van der Waals surface area contributed by atoms with Gasteiger partial charge in [-0.25, -0.2) is 0 Å². The van der Waals surface area contributed by atoms with Crippen molar-refractivity contribution < 1.29 is 5.11 Å². The van der Waals surface area contributed by atoms with Crippen LogP contribution in [0.4, 0.5) is 0 Å². The van der Waals surface area contributed by atoms with Gasteiger partial charge in [0.2, 0.25) is 0 Å². The third-order valence-corrected chi connectivity index (χ3v) is 2.08. The van der Waals surface area contributed by atoms with E-state index in [-0.39, 0.29) is 13.5 Å². The van der Waals surface area contributed by atoms with Gasteiger partial charge in [0.25, 0.3) is 0 Å². The van der Waals surface area contributed by atoms with Crippen molar-refractivity contribution >= 4 is 0 Å². The summed E-state index contributed by atoms with van der Waals surface area (Å²) in [7, 11) is 0. The smallest absolute Gasteiger partial charge is 0.0679 e. The zero-order valence-corrected chi connectivity index (χ0v) is 6.71. The lowest BCUT2D eigenvalue weighted by Crippen LogP contribution is -2.22. The first-order chi connectivity index (χ1) is 4.83. The summed E-state index contributed by atoms with van der Waals surface area (Å²) in [6.45, 7) is 5.38. The largest absolute Gasteiger partial charge is 0.392 e. The molecule has 0 bridgehead atoms. The second-order valence-corrected chi connectivity index (χ2v) is 3.10. The minimum atomic E-state index is -0.0446. The Morgan fingerprint density at radius 3 is 2.73 bits per heavy atom. The summed E-state index contributed by atoms with van der Waals surface area (Å²) < 4.78 is 0. The Morgan fingerprint density at radius 2 is 2.27 bits per heavy atom. The lowest BCUT2D eigenvalue weighted by molar-refractivity contribution is 0.176. The third kappa shape index (κ3) is 3.73. The van der Waals surface area contributed by atoms with Gasteiger partial charge < -0.3 is 10.0 Å². The Kier molecular flexibility index (Phi) is 5.51. The first kappa shape index (κ1) is 10.9. The molecule has 0 spiro atoms. The Bertz CT molecular complexity index is 95.6. The number of unbranched alkanes of at least 4 members (excludes halogenated alkanes) is 1. The van der Waals surface area contributed by atoms with Crippen LogP contribution in [0, 0.1) is 0 Å². The number of rotatable bonds is 3. The van der Waals surface area contributed by atoms with Crippen LogP contribution in [-0.2, 0) is 0 Å². The second kappa shape index (κ2) is 5.56. The summed E-state index contributed by atoms with van der Waals surface area (Å²) in [6.07, 6.45) is 3.46. The summed E-state index contributed by atoms with van der Waals surface area (Å²) in [4.78, 5) is 2.34. The molecule has 1 unspecified atom stereocenters. The molecule has 1 aliphatic heterocycles. The van der Waals surface area contributed by atoms with Gasteiger partial charge in [-0.3, -0.25) is 0 Å². The summed E-state index contributed by atoms with van der Waals surface area (Å²) in [5, 5.41) is 9.16. The van der Waals surface area contributed by atoms with Crippen LogP contribution in [0.3, 0.4) is 0 Å². The Labute approximate surface area is 70.2 Å². The van der Waals surface area contributed by atoms with Gasteiger partial charge in [0.15, 0.2) is 0 Å². The predicted molar refractivity (Wildman–Crippen MR) is 48.7 cm³/mol. The first-order valence-corrected chi connectivity index (χ1v) is 4.23. The summed E-state index contributed by atoms with van der Waals surface area (Å²) in [5.74, 6) is 0. The van der Waals surface area contributed by atoms with E-state index in [4.69, 9.17) is 5.11 Å². The van der Waals surface area contributed by atoms with Crippen molar-refractivity contribution in [2.45, 2.75) is 39.7 Å². The number of β-amino-alcohol motifs (C(OH)–C–C–N with tert-alkyl or cyclic N) is 1. The van der Waals surface area contributed by atoms with Crippen molar-refractivity contribution in [3.63, 3.8) is 0 Å². The Morgan fingerprint density at radius 1 is 1.55 bits per heavy atom. The van der Waals surface area contributed by atoms with E-state index in [0.29, 0.717) is 0 Å². The Balaban J connectivity index is 0.000001000. The third-order valence-electron chi connectivity index (χ3n) is 2.08. The molecular weight excluding hydrogens is 138 g/mol. The van der Waals surface area contributed by atoms with E-state index in [1.54, 1.807) is 0 Å². The maximum atomic E-state index is 9.16. The molecule has 1 heterocycles. The predicted octanol–water partition coefficient (Wildman–Crippen LogP) is 1.49. The number of hydrogen-bond acceptors (Lipinski definition) is 2. The van der Waals surface area contributed by atoms with Crippen molar-refractivity contribution in [2.24, 2.45) is 0 Å². The van der Waals surface area contributed by atoms with Gasteiger partial charge in [-0.2, -0.15) is 0 Å². The minimum absolute atomic E-state index is 0. The maximum Gasteiger partial charge on any atom is 0.0679 e. The van der Waals surface area contributed by atoms with Crippen molar-refractivity contribution in [3.05, 3.63) is 0 Å². The molecule has 2 nitrogen and oxygen atoms in total. The number of aliphatic hydroxyl groups is 1. The van der Waals surface area contributed by atoms with Crippen LogP contribution in [0.1, 0.15) is 33.6 Å². The fourth-order valence-corrected chi connectivity index (χ4v) is 1.40. The standard InChI is InChI=1S/C8H17NO.CH4/c1-2-3-5-9-6-4-8(10)7-9;/h8,10H,2-7H2,1H3;1H4. The van der Waals surface area contributed by atoms with Crippen LogP contribution in [0.5, 0.6) is 0 Å². The van der Waals surface area contributed by atoms with Gasteiger partial charge in [-0.15, -0.1) is 0 Å². The molecule has 0 radical (unpaired) electrons. The number of hydrogen-bond donors (Lipinski definition) is 1. The molecule has 1 saturated heterocycles. The lowest BCUT2D eigenvalue weighted by Gasteiger charge is -2.12. The van der Waals surface area contributed by atoms with E-state index < -0.39 is 0 Å². The van der Waals surface area contributed by atoms with Gasteiger partial charge in [-0.1, -0.05) is 20.8 Å². The van der Waals surface area contributed by atoms with Crippen LogP contribution < -0.4 is 0 Å². The molecule has 0 aromatic rings. The van der Waals surface area contributed by atoms with Crippen LogP contribution in [-0.4, -0.2) is 35.7 Å². The highest BCUT2D eigenvalue weighted by Gasteiger charge is 2.18. The quantitative estimate of drug-likeness (QED) is 0.674. The molecule has 1 atom stereocenters. The number of nitrogens with zero attached hydrogens (tertiary/aromatic N) is 1. The van der Waals surface area contributed by atoms with Gasteiger partial charge in [-0.05, 0) is 19.4 Å². The highest BCUT2D eigenvalue weighted by molar-refractivity contribution is 4.73. The molecule has 2 heteroatoms. The highest BCUT2D eigenvalue weighted by atomic mass is 16.3. The summed E-state index contributed by atoms with van der Waals surface area (Å²) in [5.41, 5.74) is 0. The van der Waals surface area contributed by atoms with E-state index in [9.17, 15) is 0 Å². The van der Waals surface area contributed by atoms with E-state index in [1.807, 2.05) is 0 Å². The van der Waals surface area contributed by atoms with E-state index >= 15 is 0 Å². The Hall–Kier alpha value is -0.0800. The second-order valence-electron chi connectivity index (χ2n) is 3.10. The van der Waals surface area contributed by atoms with Gasteiger partial charge in [0.05, 0.1) is 6.10 Å². The molecule has 1 fully saturated rings. The van der Waals surface area contributed by atoms with Crippen LogP contribution >= 0.6 is 0 Å². The SMILES string of the molecule is C.CCCCN1CCC(O)C1. The summed E-state index contributed by atoms with van der Waals surface area (Å²) >= 11 is 0. The van der Waals surface area contributed by atoms with Gasteiger partial charge >= 0.3 is 0 Å². The molecule has 1 N–H and O–H groups in total. The minimum Gasteiger partial charge on any atom is -0.392 e. The van der Waals surface area contributed by atoms with E-state index in [2.05, 4.69) is 11.8 Å². The topological polar surface area (TPSA) is 23.5 Å². The van der Waals surface area contributed by atoms with Crippen molar-refractivity contribution in [1.82, 2.24) is 4.90 Å². The molecule has 0 aliphatic carbocycles. The highest BCUT2D eigenvalue weighted by Crippen LogP contribution is 2.08. The molecule has 68 valence electrons. The molecule has 1 rings (SSSR count). The monoisotopic (exact) mass is 159 g/mol. The molecular formula is C9H21NO. The first-order valence-electron chi connectivity index (χ1n) is 4.23. The average molecular weight is 159 g/mol. The molecule has 1 aliphatic rings. The number of likely N-dealkylation sites (tertiary alicyclic amines) is 1. The van der Waals surface area contributed by atoms with Crippen molar-refractivity contribution in [2.75, 3.05) is 19.6 Å². The summed E-state index contributed by atoms with van der Waals surface area (Å²) in [6, 6.07) is 0. The van der Waals surface area contributed by atoms with Crippen LogP contribution in [0.2, 0.25) is 0 Å². The van der Waals surface area contributed by atoms with Crippen LogP contribution in [0.15, 0.2) is 0 Å². The van der Waals surface area contributed by atoms with Crippen LogP contribution in [0.25, 0.3) is 0 Å². The molecule has 0 amide bonds. The zero-order valence-electron chi connectivity index (χ0n) is 6.71. The lowest BCUT2D eigenvalue weighted by atomic mass is 10.3. The van der Waals surface area contributed by atoms with Gasteiger partial charge in [0.1, 0.15) is 0 Å². The average Bonchev–Trinajstić information content (AvgIpc) is 2.31. The molecule has 0 aromatic heterocycles. The van der Waals surface area contributed by atoms with Crippen molar-refractivity contribution in [3.8, 4) is 0 Å². The molecule has 0 aromatic carbocycles. The molecule has 11 heavy (non-hydrogen) atoms. The molecule has 0 saturated carbocycles. The maximum absolute atomic E-state index is 9.16.